The second-order valence-corrected chi connectivity index (χ2v) is 9.36. The van der Waals surface area contributed by atoms with Crippen LogP contribution in [-0.2, 0) is 10.9 Å². The molecule has 0 aliphatic carbocycles. The van der Waals surface area contributed by atoms with Crippen LogP contribution in [0.3, 0.4) is 0 Å². The second-order valence-electron chi connectivity index (χ2n) is 9.36. The minimum absolute atomic E-state index is 0. The minimum Gasteiger partial charge on any atom is -0.479 e. The van der Waals surface area contributed by atoms with E-state index in [2.05, 4.69) is 32.0 Å². The van der Waals surface area contributed by atoms with Crippen LogP contribution in [0.5, 0.6) is 5.88 Å². The van der Waals surface area contributed by atoms with E-state index in [1.54, 1.807) is 13.1 Å². The zero-order valence-electron chi connectivity index (χ0n) is 22.2. The van der Waals surface area contributed by atoms with Gasteiger partial charge in [0, 0.05) is 25.0 Å². The highest BCUT2D eigenvalue weighted by Crippen LogP contribution is 2.35. The monoisotopic (exact) mass is 577 g/mol. The zero-order valence-corrected chi connectivity index (χ0v) is 23.2. The van der Waals surface area contributed by atoms with E-state index in [0.717, 1.165) is 43.8 Å². The number of nitrogens with zero attached hydrogens (tertiary/aromatic N) is 7. The average molecular weight is 578 g/mol. The Kier molecular flexibility index (Phi) is 8.57. The molecule has 10 nitrogen and oxygen atoms in total. The van der Waals surface area contributed by atoms with Crippen LogP contribution in [0.4, 0.5) is 18.9 Å². The summed E-state index contributed by atoms with van der Waals surface area (Å²) in [6, 6.07) is 5.31. The number of hydrogen-bond acceptors (Lipinski definition) is 8. The van der Waals surface area contributed by atoms with Gasteiger partial charge in [-0.2, -0.15) is 41.8 Å². The van der Waals surface area contributed by atoms with Crippen LogP contribution in [0.1, 0.15) is 48.7 Å². The first-order valence-electron chi connectivity index (χ1n) is 12.6. The van der Waals surface area contributed by atoms with Crippen LogP contribution in [0.2, 0.25) is 0 Å². The van der Waals surface area contributed by atoms with Gasteiger partial charge in [0.15, 0.2) is 0 Å². The number of benzene rings is 1. The van der Waals surface area contributed by atoms with Crippen LogP contribution in [-0.4, -0.2) is 62.3 Å². The van der Waals surface area contributed by atoms with Crippen LogP contribution in [0, 0.1) is 5.92 Å². The molecule has 0 bridgehead atoms. The van der Waals surface area contributed by atoms with E-state index in [9.17, 15) is 18.0 Å². The van der Waals surface area contributed by atoms with Crippen molar-refractivity contribution in [3.8, 4) is 11.8 Å². The summed E-state index contributed by atoms with van der Waals surface area (Å²) >= 11 is 0. The number of hydrogen-bond donors (Lipinski definition) is 0. The topological polar surface area (TPSA) is 100 Å². The quantitative estimate of drug-likeness (QED) is 0.289. The standard InChI is InChI=1S/C26H28F3N7O3.H2S/c1-4-39-24(37)18-13-30-35(15-18)25-32-21-14-31-36(22(21)23(33-25)38-3)16(2)17-9-11-34(12-10-17)20-7-5-19(6-8-20)26(27,28)29;/h5-8,13-17H,4,9-12H2,1-3H3;1H2/t16-;/m0./s1. The van der Waals surface area contributed by atoms with Crippen molar-refractivity contribution in [2.24, 2.45) is 5.92 Å². The van der Waals surface area contributed by atoms with Crippen LogP contribution < -0.4 is 9.64 Å². The number of alkyl halides is 3. The number of fused-ring (bicyclic) bond motifs is 1. The molecular weight excluding hydrogens is 547 g/mol. The molecule has 214 valence electrons. The molecule has 0 radical (unpaired) electrons. The van der Waals surface area contributed by atoms with Crippen LogP contribution >= 0.6 is 13.5 Å². The van der Waals surface area contributed by atoms with E-state index in [-0.39, 0.29) is 43.6 Å². The maximum atomic E-state index is 12.9. The summed E-state index contributed by atoms with van der Waals surface area (Å²) in [5, 5.41) is 8.78. The van der Waals surface area contributed by atoms with Crippen molar-refractivity contribution in [2.45, 2.75) is 38.9 Å². The Hall–Kier alpha value is -3.81. The highest BCUT2D eigenvalue weighted by molar-refractivity contribution is 7.59. The van der Waals surface area contributed by atoms with Crippen molar-refractivity contribution in [1.29, 1.82) is 0 Å². The Bertz CT molecular complexity index is 1460. The molecule has 1 saturated heterocycles. The molecular formula is C26H30F3N7O3S. The molecule has 1 aliphatic heterocycles. The van der Waals surface area contributed by atoms with E-state index < -0.39 is 17.7 Å². The van der Waals surface area contributed by atoms with Crippen molar-refractivity contribution in [3.05, 3.63) is 54.0 Å². The predicted octanol–water partition coefficient (Wildman–Crippen LogP) is 4.81. The number of anilines is 1. The fraction of sp³-hybridized carbons (Fsp3) is 0.423. The molecule has 1 atom stereocenters. The normalized spacial score (nSPS) is 15.1. The van der Waals surface area contributed by atoms with Gasteiger partial charge in [-0.25, -0.2) is 14.5 Å². The Morgan fingerprint density at radius 2 is 1.80 bits per heavy atom. The van der Waals surface area contributed by atoms with Crippen molar-refractivity contribution in [2.75, 3.05) is 31.7 Å². The molecule has 1 fully saturated rings. The molecule has 4 aromatic rings. The number of halogens is 3. The summed E-state index contributed by atoms with van der Waals surface area (Å²) in [6.45, 7) is 5.51. The number of esters is 1. The highest BCUT2D eigenvalue weighted by atomic mass is 32.1. The first kappa shape index (κ1) is 29.2. The lowest BCUT2D eigenvalue weighted by Crippen LogP contribution is -2.36. The molecule has 0 N–H and O–H groups in total. The Labute approximate surface area is 235 Å². The Morgan fingerprint density at radius 1 is 1.10 bits per heavy atom. The highest BCUT2D eigenvalue weighted by Gasteiger charge is 2.31. The molecule has 0 unspecified atom stereocenters. The van der Waals surface area contributed by atoms with Gasteiger partial charge in [0.2, 0.25) is 5.88 Å². The fourth-order valence-corrected chi connectivity index (χ4v) is 4.93. The number of rotatable bonds is 7. The lowest BCUT2D eigenvalue weighted by Gasteiger charge is -2.36. The zero-order chi connectivity index (χ0) is 27.7. The molecule has 0 amide bonds. The molecule has 14 heteroatoms. The number of carbonyl (C=O) groups is 1. The Morgan fingerprint density at radius 3 is 2.42 bits per heavy atom. The Balaban J connectivity index is 0.00000370. The number of carbonyl (C=O) groups excluding carboxylic acids is 1. The van der Waals surface area contributed by atoms with Gasteiger partial charge >= 0.3 is 12.1 Å². The molecule has 3 aromatic heterocycles. The van der Waals surface area contributed by atoms with E-state index in [1.165, 1.54) is 36.3 Å². The lowest BCUT2D eigenvalue weighted by molar-refractivity contribution is -0.137. The molecule has 5 rings (SSSR count). The predicted molar refractivity (Wildman–Crippen MR) is 146 cm³/mol. The fourth-order valence-electron chi connectivity index (χ4n) is 4.93. The lowest BCUT2D eigenvalue weighted by atomic mass is 9.90. The second kappa shape index (κ2) is 11.7. The molecule has 0 spiro atoms. The van der Waals surface area contributed by atoms with Gasteiger partial charge in [0.05, 0.1) is 43.3 Å². The first-order chi connectivity index (χ1) is 18.7. The molecule has 4 heterocycles. The molecule has 0 saturated carbocycles. The smallest absolute Gasteiger partial charge is 0.416 e. The van der Waals surface area contributed by atoms with Crippen LogP contribution in [0.15, 0.2) is 42.9 Å². The molecule has 1 aromatic carbocycles. The van der Waals surface area contributed by atoms with Crippen LogP contribution in [0.25, 0.3) is 17.0 Å². The largest absolute Gasteiger partial charge is 0.479 e. The van der Waals surface area contributed by atoms with E-state index >= 15 is 0 Å². The van der Waals surface area contributed by atoms with E-state index in [4.69, 9.17) is 9.47 Å². The molecule has 1 aliphatic rings. The van der Waals surface area contributed by atoms with E-state index in [0.29, 0.717) is 16.9 Å². The van der Waals surface area contributed by atoms with Gasteiger partial charge in [0.1, 0.15) is 11.0 Å². The van der Waals surface area contributed by atoms with Gasteiger partial charge in [0.25, 0.3) is 5.95 Å². The van der Waals surface area contributed by atoms with Gasteiger partial charge in [-0.1, -0.05) is 0 Å². The third kappa shape index (κ3) is 5.71. The number of aromatic nitrogens is 6. The summed E-state index contributed by atoms with van der Waals surface area (Å²) in [5.41, 5.74) is 1.64. The number of piperidine rings is 1. The maximum absolute atomic E-state index is 12.9. The van der Waals surface area contributed by atoms with Crippen molar-refractivity contribution >= 4 is 36.2 Å². The summed E-state index contributed by atoms with van der Waals surface area (Å²) < 4.78 is 52.6. The van der Waals surface area contributed by atoms with Gasteiger partial charge in [-0.05, 0) is 56.9 Å². The summed E-state index contributed by atoms with van der Waals surface area (Å²) in [4.78, 5) is 23.2. The van der Waals surface area contributed by atoms with Crippen molar-refractivity contribution in [1.82, 2.24) is 29.5 Å². The van der Waals surface area contributed by atoms with Gasteiger partial charge < -0.3 is 14.4 Å². The minimum atomic E-state index is -4.34. The average Bonchev–Trinajstić information content (AvgIpc) is 3.60. The molecule has 40 heavy (non-hydrogen) atoms. The van der Waals surface area contributed by atoms with Gasteiger partial charge in [-0.3, -0.25) is 4.68 Å². The first-order valence-corrected chi connectivity index (χ1v) is 12.6. The summed E-state index contributed by atoms with van der Waals surface area (Å²) in [5.74, 6) is 0.353. The van der Waals surface area contributed by atoms with Crippen molar-refractivity contribution < 1.29 is 27.4 Å². The maximum Gasteiger partial charge on any atom is 0.416 e. The van der Waals surface area contributed by atoms with Gasteiger partial charge in [-0.15, -0.1) is 0 Å². The summed E-state index contributed by atoms with van der Waals surface area (Å²) in [6.07, 6.45) is 1.87. The third-order valence-electron chi connectivity index (χ3n) is 7.06. The van der Waals surface area contributed by atoms with Crippen molar-refractivity contribution in [3.63, 3.8) is 0 Å². The third-order valence-corrected chi connectivity index (χ3v) is 7.06. The summed E-state index contributed by atoms with van der Waals surface area (Å²) in [7, 11) is 1.52. The SMILES string of the molecule is CCOC(=O)c1cnn(-c2nc(OC)c3c(cnn3[C@@H](C)C3CCN(c4ccc(C(F)(F)F)cc4)CC3)n2)c1.S. The van der Waals surface area contributed by atoms with E-state index in [1.807, 2.05) is 4.68 Å². The number of ether oxygens (including phenoxy) is 2. The number of methoxy groups -OCH3 is 1.